The molecule has 1 aliphatic rings. The molecule has 0 aliphatic carbocycles. The monoisotopic (exact) mass is 454 g/mol. The number of fused-ring (bicyclic) bond motifs is 1. The van der Waals surface area contributed by atoms with Gasteiger partial charge in [-0.15, -0.1) is 10.2 Å². The highest BCUT2D eigenvalue weighted by Crippen LogP contribution is 2.30. The Morgan fingerprint density at radius 1 is 1.16 bits per heavy atom. The van der Waals surface area contributed by atoms with Crippen molar-refractivity contribution in [2.24, 2.45) is 0 Å². The van der Waals surface area contributed by atoms with Crippen LogP contribution in [0, 0.1) is 0 Å². The third-order valence-electron chi connectivity index (χ3n) is 4.91. The first kappa shape index (κ1) is 21.3. The molecule has 160 valence electrons. The Kier molecular flexibility index (Phi) is 6.83. The third kappa shape index (κ3) is 5.42. The van der Waals surface area contributed by atoms with E-state index in [-0.39, 0.29) is 24.0 Å². The summed E-state index contributed by atoms with van der Waals surface area (Å²) < 4.78 is 5.77. The number of aryl methyl sites for hydroxylation is 1. The predicted molar refractivity (Wildman–Crippen MR) is 123 cm³/mol. The molecule has 7 nitrogen and oxygen atoms in total. The van der Waals surface area contributed by atoms with Gasteiger partial charge in [0.2, 0.25) is 16.9 Å². The number of thioether (sulfide) groups is 1. The van der Waals surface area contributed by atoms with E-state index in [1.807, 2.05) is 47.4 Å². The number of nitrogens with one attached hydrogen (secondary N) is 1. The fraction of sp³-hybridized carbons (Fsp3) is 0.273. The number of nitrogens with zero attached hydrogens (tertiary/aromatic N) is 3. The van der Waals surface area contributed by atoms with Gasteiger partial charge in [-0.25, -0.2) is 0 Å². The number of carbonyl (C=O) groups is 2. The van der Waals surface area contributed by atoms with E-state index < -0.39 is 0 Å². The van der Waals surface area contributed by atoms with Crippen molar-refractivity contribution in [2.45, 2.75) is 23.6 Å². The fourth-order valence-corrected chi connectivity index (χ4v) is 5.05. The Morgan fingerprint density at radius 2 is 1.97 bits per heavy atom. The molecule has 0 saturated carbocycles. The zero-order valence-electron chi connectivity index (χ0n) is 17.0. The SMILES string of the molecule is COc1ccc(CC(=O)Nc2nnc(SCC(=O)N3CCCc4ccccc43)s2)cc1. The van der Waals surface area contributed by atoms with Crippen LogP contribution in [0.5, 0.6) is 5.75 Å². The first-order chi connectivity index (χ1) is 15.1. The molecule has 1 aromatic heterocycles. The summed E-state index contributed by atoms with van der Waals surface area (Å²) >= 11 is 2.61. The van der Waals surface area contributed by atoms with Gasteiger partial charge in [-0.1, -0.05) is 53.4 Å². The van der Waals surface area contributed by atoms with Crippen molar-refractivity contribution < 1.29 is 14.3 Å². The summed E-state index contributed by atoms with van der Waals surface area (Å²) in [6.45, 7) is 0.735. The van der Waals surface area contributed by atoms with Gasteiger partial charge in [-0.05, 0) is 42.2 Å². The molecule has 0 saturated heterocycles. The standard InChI is InChI=1S/C22H22N4O3S2/c1-29-17-10-8-15(9-11-17)13-19(27)23-21-24-25-22(31-21)30-14-20(28)26-12-4-6-16-5-2-3-7-18(16)26/h2-3,5,7-11H,4,6,12-14H2,1H3,(H,23,24,27). The molecule has 9 heteroatoms. The molecule has 2 amide bonds. The van der Waals surface area contributed by atoms with Crippen LogP contribution in [-0.2, 0) is 22.4 Å². The second-order valence-corrected chi connectivity index (χ2v) is 9.21. The van der Waals surface area contributed by atoms with E-state index in [9.17, 15) is 9.59 Å². The van der Waals surface area contributed by atoms with E-state index in [0.717, 1.165) is 36.4 Å². The number of carbonyl (C=O) groups excluding carboxylic acids is 2. The number of para-hydroxylation sites is 1. The molecule has 2 heterocycles. The zero-order chi connectivity index (χ0) is 21.6. The van der Waals surface area contributed by atoms with Crippen molar-refractivity contribution in [1.82, 2.24) is 10.2 Å². The van der Waals surface area contributed by atoms with Gasteiger partial charge in [0.1, 0.15) is 5.75 Å². The van der Waals surface area contributed by atoms with Gasteiger partial charge in [0.15, 0.2) is 4.34 Å². The minimum absolute atomic E-state index is 0.0532. The van der Waals surface area contributed by atoms with Crippen LogP contribution in [0.1, 0.15) is 17.5 Å². The topological polar surface area (TPSA) is 84.4 Å². The first-order valence-corrected chi connectivity index (χ1v) is 11.7. The van der Waals surface area contributed by atoms with Gasteiger partial charge in [0, 0.05) is 12.2 Å². The molecule has 0 spiro atoms. The van der Waals surface area contributed by atoms with Crippen LogP contribution in [0.15, 0.2) is 52.9 Å². The highest BCUT2D eigenvalue weighted by atomic mass is 32.2. The van der Waals surface area contributed by atoms with E-state index in [4.69, 9.17) is 4.74 Å². The summed E-state index contributed by atoms with van der Waals surface area (Å²) in [4.78, 5) is 26.9. The van der Waals surface area contributed by atoms with Crippen molar-refractivity contribution in [1.29, 1.82) is 0 Å². The highest BCUT2D eigenvalue weighted by molar-refractivity contribution is 8.01. The molecule has 1 aliphatic heterocycles. The van der Waals surface area contributed by atoms with Crippen molar-refractivity contribution >= 4 is 45.7 Å². The van der Waals surface area contributed by atoms with Crippen LogP contribution in [-0.4, -0.2) is 41.4 Å². The maximum atomic E-state index is 12.8. The lowest BCUT2D eigenvalue weighted by Crippen LogP contribution is -2.36. The second kappa shape index (κ2) is 9.93. The van der Waals surface area contributed by atoms with Gasteiger partial charge < -0.3 is 15.0 Å². The molecule has 2 aromatic carbocycles. The summed E-state index contributed by atoms with van der Waals surface area (Å²) in [5.74, 6) is 0.914. The molecule has 3 aromatic rings. The van der Waals surface area contributed by atoms with E-state index in [0.29, 0.717) is 9.47 Å². The van der Waals surface area contributed by atoms with E-state index in [1.165, 1.54) is 28.7 Å². The maximum Gasteiger partial charge on any atom is 0.237 e. The summed E-state index contributed by atoms with van der Waals surface area (Å²) in [6.07, 6.45) is 2.21. The van der Waals surface area contributed by atoms with Gasteiger partial charge in [0.25, 0.3) is 0 Å². The normalized spacial score (nSPS) is 12.9. The number of amides is 2. The lowest BCUT2D eigenvalue weighted by atomic mass is 10.0. The molecule has 31 heavy (non-hydrogen) atoms. The minimum atomic E-state index is -0.168. The minimum Gasteiger partial charge on any atom is -0.497 e. The van der Waals surface area contributed by atoms with Crippen molar-refractivity contribution in [3.63, 3.8) is 0 Å². The molecule has 0 fully saturated rings. The highest BCUT2D eigenvalue weighted by Gasteiger charge is 2.22. The number of aromatic nitrogens is 2. The van der Waals surface area contributed by atoms with Crippen LogP contribution >= 0.6 is 23.1 Å². The maximum absolute atomic E-state index is 12.8. The van der Waals surface area contributed by atoms with Crippen LogP contribution in [0.4, 0.5) is 10.8 Å². The largest absolute Gasteiger partial charge is 0.497 e. The average Bonchev–Trinajstić information content (AvgIpc) is 3.24. The van der Waals surface area contributed by atoms with Crippen LogP contribution in [0.3, 0.4) is 0 Å². The van der Waals surface area contributed by atoms with Crippen molar-refractivity contribution in [3.05, 3.63) is 59.7 Å². The molecule has 0 radical (unpaired) electrons. The lowest BCUT2D eigenvalue weighted by molar-refractivity contribution is -0.116. The molecular weight excluding hydrogens is 432 g/mol. The number of hydrogen-bond acceptors (Lipinski definition) is 7. The van der Waals surface area contributed by atoms with Crippen LogP contribution < -0.4 is 15.0 Å². The van der Waals surface area contributed by atoms with Crippen molar-refractivity contribution in [3.8, 4) is 5.75 Å². The Labute approximate surface area is 188 Å². The number of methoxy groups -OCH3 is 1. The molecule has 0 unspecified atom stereocenters. The van der Waals surface area contributed by atoms with E-state index in [1.54, 1.807) is 7.11 Å². The predicted octanol–water partition coefficient (Wildman–Crippen LogP) is 3.80. The van der Waals surface area contributed by atoms with E-state index >= 15 is 0 Å². The first-order valence-electron chi connectivity index (χ1n) is 9.90. The molecule has 0 atom stereocenters. The third-order valence-corrected chi connectivity index (χ3v) is 6.86. The lowest BCUT2D eigenvalue weighted by Gasteiger charge is -2.29. The number of anilines is 2. The number of ether oxygens (including phenoxy) is 1. The molecule has 4 rings (SSSR count). The quantitative estimate of drug-likeness (QED) is 0.432. The van der Waals surface area contributed by atoms with E-state index in [2.05, 4.69) is 21.6 Å². The molecular formula is C22H22N4O3S2. The Hall–Kier alpha value is -2.91. The van der Waals surface area contributed by atoms with Gasteiger partial charge in [-0.3, -0.25) is 9.59 Å². The second-order valence-electron chi connectivity index (χ2n) is 7.01. The Morgan fingerprint density at radius 3 is 2.77 bits per heavy atom. The summed E-state index contributed by atoms with van der Waals surface area (Å²) in [5.41, 5.74) is 3.10. The van der Waals surface area contributed by atoms with Crippen LogP contribution in [0.2, 0.25) is 0 Å². The number of hydrogen-bond donors (Lipinski definition) is 1. The van der Waals surface area contributed by atoms with Crippen molar-refractivity contribution in [2.75, 3.05) is 29.6 Å². The smallest absolute Gasteiger partial charge is 0.237 e. The average molecular weight is 455 g/mol. The Balaban J connectivity index is 1.29. The van der Waals surface area contributed by atoms with Gasteiger partial charge in [0.05, 0.1) is 19.3 Å². The molecule has 0 bridgehead atoms. The van der Waals surface area contributed by atoms with Gasteiger partial charge >= 0.3 is 0 Å². The fourth-order valence-electron chi connectivity index (χ4n) is 3.40. The summed E-state index contributed by atoms with van der Waals surface area (Å²) in [5, 5.41) is 11.3. The molecule has 1 N–H and O–H groups in total. The zero-order valence-corrected chi connectivity index (χ0v) is 18.7. The van der Waals surface area contributed by atoms with Crippen LogP contribution in [0.25, 0.3) is 0 Å². The number of rotatable bonds is 7. The van der Waals surface area contributed by atoms with Gasteiger partial charge in [-0.2, -0.15) is 0 Å². The Bertz CT molecular complexity index is 1070. The summed E-state index contributed by atoms with van der Waals surface area (Å²) in [7, 11) is 1.60. The summed E-state index contributed by atoms with van der Waals surface area (Å²) in [6, 6.07) is 15.4. The number of benzene rings is 2.